The highest BCUT2D eigenvalue weighted by Gasteiger charge is 2.35. The molecule has 1 atom stereocenters. The molecule has 29 heavy (non-hydrogen) atoms. The number of aromatic hydroxyl groups is 1. The number of nitrogens with zero attached hydrogens (tertiary/aromatic N) is 1. The molecule has 0 unspecified atom stereocenters. The van der Waals surface area contributed by atoms with Crippen molar-refractivity contribution in [3.8, 4) is 5.75 Å². The molecule has 0 saturated carbocycles. The Morgan fingerprint density at radius 2 is 1.86 bits per heavy atom. The topological polar surface area (TPSA) is 69.6 Å². The van der Waals surface area contributed by atoms with Crippen LogP contribution in [0.1, 0.15) is 42.7 Å². The number of rotatable bonds is 4. The van der Waals surface area contributed by atoms with Crippen LogP contribution >= 0.6 is 0 Å². The minimum Gasteiger partial charge on any atom is -0.508 e. The van der Waals surface area contributed by atoms with Gasteiger partial charge in [0.25, 0.3) is 0 Å². The first kappa shape index (κ1) is 19.4. The molecular weight excluding hydrogens is 371 g/mol. The Morgan fingerprint density at radius 3 is 2.59 bits per heavy atom. The number of hydrogen-bond donors (Lipinski definition) is 2. The predicted molar refractivity (Wildman–Crippen MR) is 108 cm³/mol. The highest BCUT2D eigenvalue weighted by molar-refractivity contribution is 6.01. The van der Waals surface area contributed by atoms with E-state index in [1.54, 1.807) is 18.2 Å². The maximum atomic E-state index is 13.5. The minimum absolute atomic E-state index is 0.0373. The molecule has 2 amide bonds. The molecule has 4 rings (SSSR count). The molecule has 2 heterocycles. The molecule has 1 saturated heterocycles. The second kappa shape index (κ2) is 8.23. The van der Waals surface area contributed by atoms with Crippen molar-refractivity contribution in [2.45, 2.75) is 38.0 Å². The third-order valence-electron chi connectivity index (χ3n) is 6.06. The van der Waals surface area contributed by atoms with Crippen molar-refractivity contribution in [2.75, 3.05) is 18.4 Å². The van der Waals surface area contributed by atoms with Gasteiger partial charge < -0.3 is 15.3 Å². The predicted octanol–water partition coefficient (Wildman–Crippen LogP) is 3.83. The molecule has 0 spiro atoms. The molecule has 5 nitrogen and oxygen atoms in total. The van der Waals surface area contributed by atoms with E-state index in [2.05, 4.69) is 5.32 Å². The zero-order chi connectivity index (χ0) is 20.4. The number of likely N-dealkylation sites (tertiary alicyclic amines) is 1. The molecule has 2 aromatic carbocycles. The molecule has 0 aliphatic carbocycles. The highest BCUT2D eigenvalue weighted by Crippen LogP contribution is 2.35. The summed E-state index contributed by atoms with van der Waals surface area (Å²) in [5, 5.41) is 12.0. The van der Waals surface area contributed by atoms with Crippen LogP contribution in [0.4, 0.5) is 10.1 Å². The Balaban J connectivity index is 1.34. The highest BCUT2D eigenvalue weighted by atomic mass is 19.1. The van der Waals surface area contributed by atoms with Crippen molar-refractivity contribution >= 4 is 17.5 Å². The first-order valence-electron chi connectivity index (χ1n) is 10.2. The first-order valence-corrected chi connectivity index (χ1v) is 10.2. The van der Waals surface area contributed by atoms with Gasteiger partial charge in [-0.05, 0) is 67.0 Å². The number of anilines is 1. The lowest BCUT2D eigenvalue weighted by molar-refractivity contribution is -0.136. The van der Waals surface area contributed by atoms with E-state index in [9.17, 15) is 19.1 Å². The Labute approximate surface area is 169 Å². The smallest absolute Gasteiger partial charge is 0.230 e. The summed E-state index contributed by atoms with van der Waals surface area (Å²) >= 11 is 0. The summed E-state index contributed by atoms with van der Waals surface area (Å²) in [6.07, 6.45) is 4.01. The number of piperidine rings is 1. The van der Waals surface area contributed by atoms with Gasteiger partial charge in [0, 0.05) is 25.2 Å². The lowest BCUT2D eigenvalue weighted by atomic mass is 9.87. The lowest BCUT2D eigenvalue weighted by Gasteiger charge is -2.35. The van der Waals surface area contributed by atoms with Gasteiger partial charge in [-0.2, -0.15) is 0 Å². The van der Waals surface area contributed by atoms with Crippen molar-refractivity contribution in [1.82, 2.24) is 4.90 Å². The van der Waals surface area contributed by atoms with Gasteiger partial charge in [0.1, 0.15) is 11.6 Å². The normalized spacial score (nSPS) is 19.6. The van der Waals surface area contributed by atoms with Gasteiger partial charge in [-0.15, -0.1) is 0 Å². The second-order valence-electron chi connectivity index (χ2n) is 8.01. The number of phenols is 1. The van der Waals surface area contributed by atoms with Gasteiger partial charge >= 0.3 is 0 Å². The van der Waals surface area contributed by atoms with E-state index in [-0.39, 0.29) is 24.0 Å². The number of hydrogen-bond acceptors (Lipinski definition) is 3. The van der Waals surface area contributed by atoms with Crippen molar-refractivity contribution in [3.63, 3.8) is 0 Å². The fourth-order valence-corrected chi connectivity index (χ4v) is 4.35. The summed E-state index contributed by atoms with van der Waals surface area (Å²) < 4.78 is 13.5. The van der Waals surface area contributed by atoms with Crippen LogP contribution < -0.4 is 5.32 Å². The van der Waals surface area contributed by atoms with Crippen molar-refractivity contribution in [2.24, 2.45) is 5.92 Å². The zero-order valence-electron chi connectivity index (χ0n) is 16.2. The SMILES string of the molecule is O=C1C[C@H](C(=O)N2CCC(CCc3ccc(O)cc3)CC2)c2ccc(F)cc2N1. The quantitative estimate of drug-likeness (QED) is 0.825. The van der Waals surface area contributed by atoms with Gasteiger partial charge in [0.15, 0.2) is 0 Å². The molecule has 1 fully saturated rings. The number of benzene rings is 2. The number of nitrogens with one attached hydrogen (secondary N) is 1. The van der Waals surface area contributed by atoms with Crippen LogP contribution in [0.15, 0.2) is 42.5 Å². The lowest BCUT2D eigenvalue weighted by Crippen LogP contribution is -2.43. The van der Waals surface area contributed by atoms with E-state index in [4.69, 9.17) is 0 Å². The van der Waals surface area contributed by atoms with E-state index in [0.717, 1.165) is 25.7 Å². The summed E-state index contributed by atoms with van der Waals surface area (Å²) in [6, 6.07) is 11.5. The maximum Gasteiger partial charge on any atom is 0.230 e. The molecule has 6 heteroatoms. The Morgan fingerprint density at radius 1 is 1.14 bits per heavy atom. The van der Waals surface area contributed by atoms with Gasteiger partial charge in [-0.3, -0.25) is 9.59 Å². The number of amides is 2. The number of phenolic OH excluding ortho intramolecular Hbond substituents is 1. The molecule has 152 valence electrons. The summed E-state index contributed by atoms with van der Waals surface area (Å²) in [6.45, 7) is 1.38. The van der Waals surface area contributed by atoms with Crippen LogP contribution in [-0.4, -0.2) is 34.9 Å². The van der Waals surface area contributed by atoms with E-state index in [1.165, 1.54) is 17.7 Å². The first-order chi connectivity index (χ1) is 14.0. The van der Waals surface area contributed by atoms with Crippen molar-refractivity contribution in [1.29, 1.82) is 0 Å². The van der Waals surface area contributed by atoms with E-state index in [0.29, 0.717) is 30.3 Å². The van der Waals surface area contributed by atoms with Crippen LogP contribution in [0.25, 0.3) is 0 Å². The molecule has 2 aliphatic rings. The molecule has 0 bridgehead atoms. The summed E-state index contributed by atoms with van der Waals surface area (Å²) in [5.74, 6) is -0.403. The van der Waals surface area contributed by atoms with Gasteiger partial charge in [-0.1, -0.05) is 18.2 Å². The molecule has 0 aromatic heterocycles. The maximum absolute atomic E-state index is 13.5. The van der Waals surface area contributed by atoms with Crippen LogP contribution in [0.2, 0.25) is 0 Å². The van der Waals surface area contributed by atoms with Crippen molar-refractivity contribution in [3.05, 3.63) is 59.4 Å². The molecular formula is C23H25FN2O3. The van der Waals surface area contributed by atoms with E-state index in [1.807, 2.05) is 17.0 Å². The van der Waals surface area contributed by atoms with E-state index >= 15 is 0 Å². The summed E-state index contributed by atoms with van der Waals surface area (Å²) in [5.41, 5.74) is 2.31. The number of halogens is 1. The number of carbonyl (C=O) groups excluding carboxylic acids is 2. The van der Waals surface area contributed by atoms with Crippen LogP contribution in [0, 0.1) is 11.7 Å². The molecule has 0 radical (unpaired) electrons. The van der Waals surface area contributed by atoms with Gasteiger partial charge in [-0.25, -0.2) is 4.39 Å². The average Bonchev–Trinajstić information content (AvgIpc) is 2.72. The van der Waals surface area contributed by atoms with Crippen LogP contribution in [-0.2, 0) is 16.0 Å². The number of aryl methyl sites for hydroxylation is 1. The molecule has 2 aliphatic heterocycles. The van der Waals surface area contributed by atoms with E-state index < -0.39 is 11.7 Å². The number of carbonyl (C=O) groups is 2. The monoisotopic (exact) mass is 396 g/mol. The van der Waals surface area contributed by atoms with Crippen LogP contribution in [0.5, 0.6) is 5.75 Å². The minimum atomic E-state index is -0.534. The molecule has 2 N–H and O–H groups in total. The zero-order valence-corrected chi connectivity index (χ0v) is 16.2. The Bertz CT molecular complexity index is 905. The average molecular weight is 396 g/mol. The largest absolute Gasteiger partial charge is 0.508 e. The summed E-state index contributed by atoms with van der Waals surface area (Å²) in [7, 11) is 0. The fraction of sp³-hybridized carbons (Fsp3) is 0.391. The molecule has 2 aromatic rings. The number of fused-ring (bicyclic) bond motifs is 1. The third-order valence-corrected chi connectivity index (χ3v) is 6.06. The van der Waals surface area contributed by atoms with Crippen LogP contribution in [0.3, 0.4) is 0 Å². The summed E-state index contributed by atoms with van der Waals surface area (Å²) in [4.78, 5) is 27.0. The Hall–Kier alpha value is -2.89. The van der Waals surface area contributed by atoms with Crippen molar-refractivity contribution < 1.29 is 19.1 Å². The second-order valence-corrected chi connectivity index (χ2v) is 8.01. The van der Waals surface area contributed by atoms with Gasteiger partial charge in [0.2, 0.25) is 11.8 Å². The van der Waals surface area contributed by atoms with Gasteiger partial charge in [0.05, 0.1) is 5.92 Å². The fourth-order valence-electron chi connectivity index (χ4n) is 4.35. The Kier molecular flexibility index (Phi) is 5.51. The standard InChI is InChI=1S/C23H25FN2O3/c24-17-5-8-19-20(14-22(28)25-21(19)13-17)23(29)26-11-9-16(10-12-26)2-1-15-3-6-18(27)7-4-15/h3-8,13,16,20,27H,1-2,9-12,14H2,(H,25,28)/t20-/m0/s1. The third kappa shape index (κ3) is 4.42.